The van der Waals surface area contributed by atoms with Gasteiger partial charge >= 0.3 is 0 Å². The molecule has 0 aliphatic rings. The normalized spacial score (nSPS) is 12.3. The molecule has 0 saturated carbocycles. The molecule has 0 aromatic carbocycles. The fraction of sp³-hybridized carbons (Fsp3) is 0.526. The topological polar surface area (TPSA) is 85.6 Å². The number of anilines is 1. The van der Waals surface area contributed by atoms with Crippen LogP contribution in [0.4, 0.5) is 5.13 Å². The van der Waals surface area contributed by atoms with Crippen LogP contribution in [-0.4, -0.2) is 30.9 Å². The van der Waals surface area contributed by atoms with Gasteiger partial charge in [0.1, 0.15) is 5.01 Å². The van der Waals surface area contributed by atoms with E-state index in [1.54, 1.807) is 6.20 Å². The van der Waals surface area contributed by atoms with Gasteiger partial charge in [-0.15, -0.1) is 10.2 Å². The first-order valence-corrected chi connectivity index (χ1v) is 9.93. The minimum Gasteiger partial charge on any atom is -0.296 e. The third-order valence-corrected chi connectivity index (χ3v) is 5.46. The quantitative estimate of drug-likeness (QED) is 0.711. The molecule has 0 unspecified atom stereocenters. The van der Waals surface area contributed by atoms with E-state index >= 15 is 0 Å². The molecule has 1 amide bonds. The second-order valence-corrected chi connectivity index (χ2v) is 9.26. The summed E-state index contributed by atoms with van der Waals surface area (Å²) in [6.07, 6.45) is 1.71. The van der Waals surface area contributed by atoms with Crippen molar-refractivity contribution in [2.24, 2.45) is 0 Å². The molecule has 0 radical (unpaired) electrons. The van der Waals surface area contributed by atoms with Gasteiger partial charge in [0.2, 0.25) is 5.13 Å². The van der Waals surface area contributed by atoms with Crippen LogP contribution in [0.15, 0.2) is 12.3 Å². The van der Waals surface area contributed by atoms with Gasteiger partial charge in [-0.05, 0) is 25.8 Å². The van der Waals surface area contributed by atoms with Gasteiger partial charge in [0.25, 0.3) is 5.91 Å². The summed E-state index contributed by atoms with van der Waals surface area (Å²) in [6, 6.07) is 2.01. The zero-order valence-electron chi connectivity index (χ0n) is 16.9. The molecule has 0 atom stereocenters. The zero-order valence-corrected chi connectivity index (χ0v) is 17.7. The second-order valence-electron chi connectivity index (χ2n) is 8.29. The van der Waals surface area contributed by atoms with E-state index in [0.29, 0.717) is 10.7 Å². The summed E-state index contributed by atoms with van der Waals surface area (Å²) in [7, 11) is 0. The van der Waals surface area contributed by atoms with E-state index in [2.05, 4.69) is 55.2 Å². The molecular formula is C19H26N6OS. The summed E-state index contributed by atoms with van der Waals surface area (Å²) >= 11 is 1.40. The molecule has 0 aliphatic heterocycles. The molecule has 8 heteroatoms. The highest BCUT2D eigenvalue weighted by atomic mass is 32.1. The van der Waals surface area contributed by atoms with Gasteiger partial charge < -0.3 is 0 Å². The molecule has 0 fully saturated rings. The smallest absolute Gasteiger partial charge is 0.258 e. The number of rotatable bonds is 4. The van der Waals surface area contributed by atoms with Crippen molar-refractivity contribution in [3.63, 3.8) is 0 Å². The lowest BCUT2D eigenvalue weighted by molar-refractivity contribution is 0.102. The Labute approximate surface area is 163 Å². The fourth-order valence-corrected chi connectivity index (χ4v) is 3.44. The number of hydrogen-bond acceptors (Lipinski definition) is 6. The van der Waals surface area contributed by atoms with Gasteiger partial charge in [-0.25, -0.2) is 9.67 Å². The highest BCUT2D eigenvalue weighted by molar-refractivity contribution is 7.15. The summed E-state index contributed by atoms with van der Waals surface area (Å²) < 4.78 is 1.85. The Morgan fingerprint density at radius 1 is 1.19 bits per heavy atom. The lowest BCUT2D eigenvalue weighted by Crippen LogP contribution is -2.14. The average Bonchev–Trinajstić information content (AvgIpc) is 3.19. The monoisotopic (exact) mass is 386 g/mol. The molecule has 3 heterocycles. The number of carbonyl (C=O) groups is 1. The first-order chi connectivity index (χ1) is 12.6. The van der Waals surface area contributed by atoms with Gasteiger partial charge in [0.15, 0.2) is 5.65 Å². The molecule has 0 saturated heterocycles. The Hall–Kier alpha value is -2.35. The van der Waals surface area contributed by atoms with Crippen LogP contribution < -0.4 is 5.32 Å². The Morgan fingerprint density at radius 3 is 2.44 bits per heavy atom. The number of hydrogen-bond donors (Lipinski definition) is 1. The molecule has 1 N–H and O–H groups in total. The van der Waals surface area contributed by atoms with E-state index < -0.39 is 0 Å². The molecule has 3 aromatic rings. The zero-order chi connectivity index (χ0) is 19.9. The Balaban J connectivity index is 2.02. The molecule has 0 aliphatic carbocycles. The minimum atomic E-state index is -0.218. The molecule has 27 heavy (non-hydrogen) atoms. The van der Waals surface area contributed by atoms with Gasteiger partial charge in [-0.3, -0.25) is 10.1 Å². The maximum Gasteiger partial charge on any atom is 0.258 e. The fourth-order valence-electron chi connectivity index (χ4n) is 2.64. The molecule has 0 bridgehead atoms. The van der Waals surface area contributed by atoms with Crippen LogP contribution in [0, 0.1) is 0 Å². The minimum absolute atomic E-state index is 0.103. The Bertz CT molecular complexity index is 980. The van der Waals surface area contributed by atoms with Crippen molar-refractivity contribution < 1.29 is 4.79 Å². The van der Waals surface area contributed by atoms with Crippen LogP contribution >= 0.6 is 11.3 Å². The highest BCUT2D eigenvalue weighted by Gasteiger charge is 2.22. The highest BCUT2D eigenvalue weighted by Crippen LogP contribution is 2.29. The van der Waals surface area contributed by atoms with Crippen molar-refractivity contribution in [1.29, 1.82) is 0 Å². The van der Waals surface area contributed by atoms with Crippen LogP contribution in [0.3, 0.4) is 0 Å². The third-order valence-electron chi connectivity index (χ3n) is 4.20. The van der Waals surface area contributed by atoms with Crippen LogP contribution in [0.25, 0.3) is 11.0 Å². The predicted molar refractivity (Wildman–Crippen MR) is 109 cm³/mol. The van der Waals surface area contributed by atoms with Crippen molar-refractivity contribution in [2.75, 3.05) is 5.32 Å². The summed E-state index contributed by atoms with van der Waals surface area (Å²) in [5.74, 6) is -0.0188. The average molecular weight is 387 g/mol. The van der Waals surface area contributed by atoms with E-state index in [1.807, 2.05) is 24.6 Å². The van der Waals surface area contributed by atoms with Crippen LogP contribution in [0.5, 0.6) is 0 Å². The van der Waals surface area contributed by atoms with Gasteiger partial charge in [0.05, 0.1) is 17.1 Å². The number of fused-ring (bicyclic) bond motifs is 1. The maximum atomic E-state index is 13.0. The van der Waals surface area contributed by atoms with Crippen molar-refractivity contribution >= 4 is 33.4 Å². The molecule has 7 nitrogen and oxygen atoms in total. The van der Waals surface area contributed by atoms with Gasteiger partial charge in [-0.1, -0.05) is 46.0 Å². The van der Waals surface area contributed by atoms with Crippen molar-refractivity contribution in [2.45, 2.75) is 65.8 Å². The molecular weight excluding hydrogens is 360 g/mol. The first kappa shape index (κ1) is 19.4. The van der Waals surface area contributed by atoms with Crippen LogP contribution in [0.1, 0.15) is 81.5 Å². The number of carbonyl (C=O) groups excluding carboxylic acids is 1. The molecule has 0 spiro atoms. The summed E-state index contributed by atoms with van der Waals surface area (Å²) in [5.41, 5.74) is 2.05. The Morgan fingerprint density at radius 2 is 1.89 bits per heavy atom. The number of nitrogens with one attached hydrogen (secondary N) is 1. The van der Waals surface area contributed by atoms with Crippen molar-refractivity contribution in [3.05, 3.63) is 28.5 Å². The Kier molecular flexibility index (Phi) is 5.03. The van der Waals surface area contributed by atoms with Crippen LogP contribution in [0.2, 0.25) is 0 Å². The van der Waals surface area contributed by atoms with Gasteiger partial charge in [0, 0.05) is 17.2 Å². The van der Waals surface area contributed by atoms with Gasteiger partial charge in [-0.2, -0.15) is 5.10 Å². The molecule has 144 valence electrons. The number of aromatic nitrogens is 5. The molecule has 3 rings (SSSR count). The van der Waals surface area contributed by atoms with E-state index in [9.17, 15) is 4.79 Å². The second kappa shape index (κ2) is 6.99. The van der Waals surface area contributed by atoms with E-state index in [4.69, 9.17) is 4.98 Å². The number of nitrogens with zero attached hydrogens (tertiary/aromatic N) is 5. The van der Waals surface area contributed by atoms with Crippen molar-refractivity contribution in [3.8, 4) is 0 Å². The summed E-state index contributed by atoms with van der Waals surface area (Å²) in [5, 5.41) is 17.8. The van der Waals surface area contributed by atoms with Crippen LogP contribution in [-0.2, 0) is 5.41 Å². The SMILES string of the molecule is CC(C)c1cc(C(=O)Nc2nnc(C(C)(C)C)s2)c2cnn(C(C)C)c2n1. The maximum absolute atomic E-state index is 13.0. The third kappa shape index (κ3) is 3.85. The van der Waals surface area contributed by atoms with E-state index in [1.165, 1.54) is 11.3 Å². The standard InChI is InChI=1S/C19H26N6OS/c1-10(2)14-8-12(13-9-20-25(11(3)4)15(13)21-14)16(26)22-18-24-23-17(27-18)19(5,6)7/h8-11H,1-7H3,(H,22,24,26). The predicted octanol–water partition coefficient (Wildman–Crippen LogP) is 4.54. The number of amides is 1. The lowest BCUT2D eigenvalue weighted by Gasteiger charge is -2.12. The summed E-state index contributed by atoms with van der Waals surface area (Å²) in [4.78, 5) is 17.7. The van der Waals surface area contributed by atoms with E-state index in [0.717, 1.165) is 21.7 Å². The van der Waals surface area contributed by atoms with Crippen molar-refractivity contribution in [1.82, 2.24) is 25.0 Å². The first-order valence-electron chi connectivity index (χ1n) is 9.11. The largest absolute Gasteiger partial charge is 0.296 e. The number of pyridine rings is 1. The van der Waals surface area contributed by atoms with E-state index in [-0.39, 0.29) is 23.3 Å². The summed E-state index contributed by atoms with van der Waals surface area (Å²) in [6.45, 7) is 14.4. The lowest BCUT2D eigenvalue weighted by atomic mass is 9.98. The molecule has 3 aromatic heterocycles.